The molecule has 0 saturated heterocycles. The highest BCUT2D eigenvalue weighted by atomic mass is 19.4. The predicted octanol–water partition coefficient (Wildman–Crippen LogP) is -0.234. The van der Waals surface area contributed by atoms with E-state index in [1.165, 1.54) is 7.11 Å². The number of alkyl halides is 3. The molecule has 5 nitrogen and oxygen atoms in total. The van der Waals surface area contributed by atoms with Gasteiger partial charge in [0.05, 0.1) is 13.7 Å². The fraction of sp³-hybridized carbons (Fsp3) is 0.667. The molecular weight excluding hydrogens is 279 g/mol. The minimum absolute atomic E-state index is 0.0528. The standard InChI is InChI=1S/C10H19NO2.C2HF3O2/c1-4-6-7-9(10(12)13-3)11-8-5-2;3-2(4,5)1(6)7/h5,9,11H,2,4,6-8H2,1,3H3;(H,6,7). The average molecular weight is 299 g/mol. The van der Waals surface area contributed by atoms with E-state index in [4.69, 9.17) is 14.6 Å². The van der Waals surface area contributed by atoms with Gasteiger partial charge in [0.25, 0.3) is 0 Å². The van der Waals surface area contributed by atoms with Gasteiger partial charge in [-0.25, -0.2) is 4.79 Å². The minimum Gasteiger partial charge on any atom is -0.542 e. The molecule has 0 aliphatic rings. The van der Waals surface area contributed by atoms with Gasteiger partial charge in [0.2, 0.25) is 0 Å². The molecule has 0 fully saturated rings. The molecule has 0 rings (SSSR count). The summed E-state index contributed by atoms with van der Waals surface area (Å²) in [6.45, 7) is 6.49. The minimum atomic E-state index is -5.19. The topological polar surface area (TPSA) is 83.0 Å². The van der Waals surface area contributed by atoms with E-state index in [9.17, 15) is 18.0 Å². The Labute approximate surface area is 115 Å². The van der Waals surface area contributed by atoms with E-state index in [0.29, 0.717) is 0 Å². The van der Waals surface area contributed by atoms with Crippen molar-refractivity contribution in [1.29, 1.82) is 0 Å². The summed E-state index contributed by atoms with van der Waals surface area (Å²) in [5, 5.41) is 10.8. The Kier molecular flexibility index (Phi) is 11.7. The van der Waals surface area contributed by atoms with Crippen LogP contribution < -0.4 is 10.4 Å². The summed E-state index contributed by atoms with van der Waals surface area (Å²) in [5.74, 6) is -3.14. The summed E-state index contributed by atoms with van der Waals surface area (Å²) in [7, 11) is 1.43. The van der Waals surface area contributed by atoms with Crippen molar-refractivity contribution in [3.8, 4) is 0 Å². The summed E-state index contributed by atoms with van der Waals surface area (Å²) < 4.78 is 36.3. The van der Waals surface area contributed by atoms with Crippen LogP contribution in [0.5, 0.6) is 0 Å². The van der Waals surface area contributed by atoms with Crippen LogP contribution in [-0.4, -0.2) is 37.8 Å². The molecule has 1 atom stereocenters. The van der Waals surface area contributed by atoms with Crippen molar-refractivity contribution in [2.75, 3.05) is 13.7 Å². The van der Waals surface area contributed by atoms with Gasteiger partial charge in [-0.05, 0) is 12.5 Å². The third-order valence-electron chi connectivity index (χ3n) is 2.19. The fourth-order valence-electron chi connectivity index (χ4n) is 1.17. The molecule has 0 saturated carbocycles. The highest BCUT2D eigenvalue weighted by molar-refractivity contribution is 5.73. The lowest BCUT2D eigenvalue weighted by Crippen LogP contribution is -2.91. The van der Waals surface area contributed by atoms with Gasteiger partial charge in [0.15, 0.2) is 6.04 Å². The molecule has 1 unspecified atom stereocenters. The molecule has 118 valence electrons. The molecular formula is C12H20F3NO4. The number of methoxy groups -OCH3 is 1. The Bertz CT molecular complexity index is 306. The van der Waals surface area contributed by atoms with E-state index in [0.717, 1.165) is 25.8 Å². The highest BCUT2D eigenvalue weighted by Crippen LogP contribution is 2.11. The van der Waals surface area contributed by atoms with Crippen molar-refractivity contribution in [3.63, 3.8) is 0 Å². The molecule has 0 heterocycles. The van der Waals surface area contributed by atoms with Crippen molar-refractivity contribution < 1.29 is 37.9 Å². The number of esters is 1. The molecule has 0 aromatic rings. The lowest BCUT2D eigenvalue weighted by atomic mass is 10.1. The van der Waals surface area contributed by atoms with E-state index in [1.807, 2.05) is 5.32 Å². The van der Waals surface area contributed by atoms with Crippen molar-refractivity contribution >= 4 is 11.9 Å². The number of carbonyl (C=O) groups excluding carboxylic acids is 2. The van der Waals surface area contributed by atoms with Crippen LogP contribution in [0, 0.1) is 0 Å². The molecule has 2 N–H and O–H groups in total. The van der Waals surface area contributed by atoms with E-state index in [2.05, 4.69) is 13.5 Å². The number of unbranched alkanes of at least 4 members (excludes halogenated alkanes) is 1. The number of aliphatic carboxylic acids is 1. The van der Waals surface area contributed by atoms with Crippen LogP contribution in [0.1, 0.15) is 26.2 Å². The second-order valence-corrected chi connectivity index (χ2v) is 3.82. The number of ether oxygens (including phenoxy) is 1. The Hall–Kier alpha value is -1.57. The van der Waals surface area contributed by atoms with Gasteiger partial charge < -0.3 is 20.0 Å². The molecule has 0 aromatic heterocycles. The van der Waals surface area contributed by atoms with Gasteiger partial charge >= 0.3 is 12.1 Å². The first-order chi connectivity index (χ1) is 9.20. The van der Waals surface area contributed by atoms with E-state index >= 15 is 0 Å². The second-order valence-electron chi connectivity index (χ2n) is 3.82. The molecule has 0 aliphatic carbocycles. The zero-order valence-electron chi connectivity index (χ0n) is 11.5. The van der Waals surface area contributed by atoms with Crippen LogP contribution in [-0.2, 0) is 14.3 Å². The van der Waals surface area contributed by atoms with Gasteiger partial charge in [-0.15, -0.1) is 0 Å². The number of nitrogens with two attached hydrogens (primary N) is 1. The fourth-order valence-corrected chi connectivity index (χ4v) is 1.17. The normalized spacial score (nSPS) is 11.8. The number of carboxylic acids is 1. The average Bonchev–Trinajstić information content (AvgIpc) is 2.37. The molecule has 0 aromatic carbocycles. The molecule has 0 amide bonds. The molecule has 0 radical (unpaired) electrons. The molecule has 8 heteroatoms. The number of hydrogen-bond donors (Lipinski definition) is 1. The maximum Gasteiger partial charge on any atom is 0.430 e. The van der Waals surface area contributed by atoms with Crippen LogP contribution in [0.4, 0.5) is 13.2 Å². The zero-order valence-corrected chi connectivity index (χ0v) is 11.5. The molecule has 20 heavy (non-hydrogen) atoms. The molecule has 0 spiro atoms. The number of carboxylic acid groups (broad SMARTS) is 1. The first-order valence-corrected chi connectivity index (χ1v) is 6.00. The van der Waals surface area contributed by atoms with Crippen LogP contribution in [0.15, 0.2) is 12.7 Å². The number of halogens is 3. The Morgan fingerprint density at radius 3 is 2.25 bits per heavy atom. The van der Waals surface area contributed by atoms with Gasteiger partial charge in [-0.3, -0.25) is 0 Å². The van der Waals surface area contributed by atoms with E-state index in [-0.39, 0.29) is 12.0 Å². The third-order valence-corrected chi connectivity index (χ3v) is 2.19. The van der Waals surface area contributed by atoms with Crippen LogP contribution >= 0.6 is 0 Å². The first kappa shape index (κ1) is 20.7. The lowest BCUT2D eigenvalue weighted by Gasteiger charge is -2.11. The lowest BCUT2D eigenvalue weighted by molar-refractivity contribution is -0.670. The van der Waals surface area contributed by atoms with Crippen LogP contribution in [0.3, 0.4) is 0 Å². The van der Waals surface area contributed by atoms with Crippen molar-refractivity contribution in [2.45, 2.75) is 38.4 Å². The van der Waals surface area contributed by atoms with Gasteiger partial charge in [0, 0.05) is 6.42 Å². The molecule has 0 bridgehead atoms. The largest absolute Gasteiger partial charge is 0.542 e. The van der Waals surface area contributed by atoms with E-state index < -0.39 is 12.1 Å². The van der Waals surface area contributed by atoms with Crippen LogP contribution in [0.2, 0.25) is 0 Å². The summed E-state index contributed by atoms with van der Waals surface area (Å²) in [6.07, 6.45) is -0.346. The number of rotatable bonds is 7. The molecule has 0 aliphatic heterocycles. The highest BCUT2D eigenvalue weighted by Gasteiger charge is 2.28. The summed E-state index contributed by atoms with van der Waals surface area (Å²) in [6, 6.07) is -0.0528. The maximum absolute atomic E-state index is 11.2. The van der Waals surface area contributed by atoms with Gasteiger partial charge in [-0.1, -0.05) is 19.9 Å². The Morgan fingerprint density at radius 1 is 1.45 bits per heavy atom. The zero-order chi connectivity index (χ0) is 16.2. The monoisotopic (exact) mass is 299 g/mol. The first-order valence-electron chi connectivity index (χ1n) is 6.00. The van der Waals surface area contributed by atoms with Crippen molar-refractivity contribution in [3.05, 3.63) is 12.7 Å². The number of quaternary nitrogens is 1. The maximum atomic E-state index is 11.2. The van der Waals surface area contributed by atoms with Crippen molar-refractivity contribution in [1.82, 2.24) is 0 Å². The third kappa shape index (κ3) is 11.5. The van der Waals surface area contributed by atoms with Gasteiger partial charge in [0.1, 0.15) is 5.97 Å². The summed E-state index contributed by atoms with van der Waals surface area (Å²) in [4.78, 5) is 20.0. The SMILES string of the molecule is C=CC[NH2+]C(CCCC)C(=O)OC.O=C([O-])C(F)(F)F. The van der Waals surface area contributed by atoms with Gasteiger partial charge in [-0.2, -0.15) is 13.2 Å². The summed E-state index contributed by atoms with van der Waals surface area (Å²) in [5.41, 5.74) is 0. The Morgan fingerprint density at radius 2 is 1.95 bits per heavy atom. The van der Waals surface area contributed by atoms with Crippen LogP contribution in [0.25, 0.3) is 0 Å². The second kappa shape index (κ2) is 11.3. The number of carbonyl (C=O) groups is 2. The summed E-state index contributed by atoms with van der Waals surface area (Å²) >= 11 is 0. The quantitative estimate of drug-likeness (QED) is 0.520. The smallest absolute Gasteiger partial charge is 0.430 e. The Balaban J connectivity index is 0. The number of hydrogen-bond acceptors (Lipinski definition) is 4. The van der Waals surface area contributed by atoms with E-state index in [1.54, 1.807) is 6.08 Å². The van der Waals surface area contributed by atoms with Crippen molar-refractivity contribution in [2.24, 2.45) is 0 Å². The predicted molar refractivity (Wildman–Crippen MR) is 63.4 cm³/mol.